The van der Waals surface area contributed by atoms with E-state index in [1.165, 1.54) is 4.90 Å². The van der Waals surface area contributed by atoms with Crippen LogP contribution in [0.25, 0.3) is 11.3 Å². The van der Waals surface area contributed by atoms with Crippen molar-refractivity contribution in [2.24, 2.45) is 0 Å². The van der Waals surface area contributed by atoms with Crippen LogP contribution >= 0.6 is 0 Å². The van der Waals surface area contributed by atoms with E-state index in [9.17, 15) is 9.59 Å². The number of fused-ring (bicyclic) bond motifs is 5. The van der Waals surface area contributed by atoms with E-state index in [4.69, 9.17) is 21.3 Å². The van der Waals surface area contributed by atoms with Gasteiger partial charge in [-0.05, 0) is 33.3 Å². The van der Waals surface area contributed by atoms with E-state index in [1.54, 1.807) is 39.8 Å². The van der Waals surface area contributed by atoms with Gasteiger partial charge in [0.25, 0.3) is 6.01 Å². The molecule has 1 amide bonds. The molecule has 0 saturated heterocycles. The minimum atomic E-state index is -1.50. The molecule has 1 aliphatic carbocycles. The summed E-state index contributed by atoms with van der Waals surface area (Å²) in [5.74, 6) is 1.89. The van der Waals surface area contributed by atoms with Crippen molar-refractivity contribution >= 4 is 17.9 Å². The summed E-state index contributed by atoms with van der Waals surface area (Å²) in [7, 11) is 0. The van der Waals surface area contributed by atoms with Crippen LogP contribution in [0.15, 0.2) is 40.0 Å². The van der Waals surface area contributed by atoms with Crippen molar-refractivity contribution in [1.29, 1.82) is 0 Å². The summed E-state index contributed by atoms with van der Waals surface area (Å²) >= 11 is 0. The molecule has 1 aromatic heterocycles. The molecule has 2 aliphatic rings. The Kier molecular flexibility index (Phi) is 3.88. The Morgan fingerprint density at radius 1 is 1.38 bits per heavy atom. The van der Waals surface area contributed by atoms with E-state index >= 15 is 0 Å². The number of nitrogen functional groups attached to an aromatic ring is 1. The van der Waals surface area contributed by atoms with Gasteiger partial charge < -0.3 is 19.8 Å². The van der Waals surface area contributed by atoms with Crippen molar-refractivity contribution in [2.45, 2.75) is 38.7 Å². The summed E-state index contributed by atoms with van der Waals surface area (Å²) in [6.45, 7) is 7.01. The zero-order chi connectivity index (χ0) is 21.1. The summed E-state index contributed by atoms with van der Waals surface area (Å²) in [6.07, 6.45) is 5.50. The lowest BCUT2D eigenvalue weighted by Gasteiger charge is -2.28. The Morgan fingerprint density at radius 3 is 2.72 bits per heavy atom. The first-order valence-corrected chi connectivity index (χ1v) is 9.19. The Bertz CT molecular complexity index is 1130. The molecule has 1 aliphatic heterocycles. The van der Waals surface area contributed by atoms with Gasteiger partial charge >= 0.3 is 5.97 Å². The molecule has 0 bridgehead atoms. The second kappa shape index (κ2) is 5.98. The lowest BCUT2D eigenvalue weighted by molar-refractivity contribution is -0.151. The molecule has 2 N–H and O–H groups in total. The van der Waals surface area contributed by atoms with Crippen LogP contribution in [0.1, 0.15) is 39.0 Å². The molecule has 7 nitrogen and oxygen atoms in total. The smallest absolute Gasteiger partial charge is 0.338 e. The Labute approximate surface area is 168 Å². The molecule has 4 rings (SSSR count). The quantitative estimate of drug-likeness (QED) is 0.624. The third-order valence-electron chi connectivity index (χ3n) is 5.13. The maximum absolute atomic E-state index is 13.8. The average Bonchev–Trinajstić information content (AvgIpc) is 3.20. The number of rotatable bonds is 2. The monoisotopic (exact) mass is 391 g/mol. The highest BCUT2D eigenvalue weighted by atomic mass is 16.6. The first-order valence-electron chi connectivity index (χ1n) is 9.19. The van der Waals surface area contributed by atoms with Crippen molar-refractivity contribution in [3.8, 4) is 23.7 Å². The van der Waals surface area contributed by atoms with Gasteiger partial charge in [0.05, 0.1) is 12.1 Å². The van der Waals surface area contributed by atoms with Gasteiger partial charge in [0.1, 0.15) is 11.3 Å². The van der Waals surface area contributed by atoms with E-state index < -0.39 is 17.0 Å². The number of hydrogen-bond donors (Lipinski definition) is 1. The zero-order valence-electron chi connectivity index (χ0n) is 16.7. The third-order valence-corrected chi connectivity index (χ3v) is 5.13. The van der Waals surface area contributed by atoms with Gasteiger partial charge in [0, 0.05) is 11.3 Å². The number of aromatic nitrogens is 1. The molecule has 0 radical (unpaired) electrons. The SMILES string of the molecule is C#CCN1C(=O)[C@]2(C(C(=O)OC(C)(C)C)=C1C)c1ccccc1-c1oc(N)nc12. The fraction of sp³-hybridized carbons (Fsp3) is 0.318. The van der Waals surface area contributed by atoms with Crippen LogP contribution in [0, 0.1) is 12.3 Å². The normalized spacial score (nSPS) is 20.1. The highest BCUT2D eigenvalue weighted by Crippen LogP contribution is 2.57. The minimum absolute atomic E-state index is 0.0174. The number of esters is 1. The number of allylic oxidation sites excluding steroid dienone is 1. The van der Waals surface area contributed by atoms with Gasteiger partial charge in [-0.2, -0.15) is 4.98 Å². The summed E-state index contributed by atoms with van der Waals surface area (Å²) in [6, 6.07) is 7.15. The number of carbonyl (C=O) groups excluding carboxylic acids is 2. The number of carbonyl (C=O) groups is 2. The number of anilines is 1. The van der Waals surface area contributed by atoms with Gasteiger partial charge in [-0.3, -0.25) is 4.79 Å². The zero-order valence-corrected chi connectivity index (χ0v) is 16.7. The average molecular weight is 391 g/mol. The first kappa shape index (κ1) is 18.8. The Balaban J connectivity index is 2.06. The van der Waals surface area contributed by atoms with E-state index in [0.29, 0.717) is 28.3 Å². The largest absolute Gasteiger partial charge is 0.457 e. The van der Waals surface area contributed by atoms with Gasteiger partial charge in [-0.1, -0.05) is 30.2 Å². The standard InChI is InChI=1S/C22H21N3O4/c1-6-11-25-12(2)15(18(26)29-21(3,4)5)22(19(25)27)14-10-8-7-9-13(14)16-17(22)24-20(23)28-16/h1,7-10H,11H2,2-5H3,(H2,23,24)/t22-/m0/s1. The lowest BCUT2D eigenvalue weighted by atomic mass is 9.74. The van der Waals surface area contributed by atoms with Crippen LogP contribution in [0.4, 0.5) is 6.01 Å². The molecule has 1 spiro atoms. The number of benzene rings is 1. The number of hydrogen-bond acceptors (Lipinski definition) is 6. The van der Waals surface area contributed by atoms with Gasteiger partial charge in [0.15, 0.2) is 11.2 Å². The maximum atomic E-state index is 13.8. The van der Waals surface area contributed by atoms with Crippen molar-refractivity contribution in [3.63, 3.8) is 0 Å². The topological polar surface area (TPSA) is 98.7 Å². The molecule has 1 atom stereocenters. The highest BCUT2D eigenvalue weighted by Gasteiger charge is 2.63. The molecule has 0 fully saturated rings. The summed E-state index contributed by atoms with van der Waals surface area (Å²) in [5.41, 5.74) is 5.75. The summed E-state index contributed by atoms with van der Waals surface area (Å²) in [4.78, 5) is 32.9. The van der Waals surface area contributed by atoms with Crippen molar-refractivity contribution in [2.75, 3.05) is 12.3 Å². The molecule has 1 aromatic carbocycles. The van der Waals surface area contributed by atoms with Gasteiger partial charge in [-0.25, -0.2) is 4.79 Å². The number of ether oxygens (including phenoxy) is 1. The Hall–Kier alpha value is -3.53. The van der Waals surface area contributed by atoms with E-state index in [0.717, 1.165) is 0 Å². The molecule has 2 aromatic rings. The van der Waals surface area contributed by atoms with Crippen molar-refractivity contribution < 1.29 is 18.7 Å². The van der Waals surface area contributed by atoms with E-state index in [2.05, 4.69) is 10.9 Å². The lowest BCUT2D eigenvalue weighted by Crippen LogP contribution is -2.43. The molecule has 29 heavy (non-hydrogen) atoms. The highest BCUT2D eigenvalue weighted by molar-refractivity contribution is 6.14. The summed E-state index contributed by atoms with van der Waals surface area (Å²) < 4.78 is 11.3. The molecule has 2 heterocycles. The molecule has 0 unspecified atom stereocenters. The minimum Gasteiger partial charge on any atom is -0.457 e. The van der Waals surface area contributed by atoms with Gasteiger partial charge in [0.2, 0.25) is 5.91 Å². The number of amides is 1. The fourth-order valence-electron chi connectivity index (χ4n) is 4.16. The molecule has 148 valence electrons. The van der Waals surface area contributed by atoms with Crippen LogP contribution < -0.4 is 5.73 Å². The third kappa shape index (κ3) is 2.42. The summed E-state index contributed by atoms with van der Waals surface area (Å²) in [5, 5.41) is 0. The van der Waals surface area contributed by atoms with Crippen LogP contribution in [0.2, 0.25) is 0 Å². The second-order valence-electron chi connectivity index (χ2n) is 8.08. The molecular weight excluding hydrogens is 370 g/mol. The van der Waals surface area contributed by atoms with Gasteiger partial charge in [-0.15, -0.1) is 6.42 Å². The van der Waals surface area contributed by atoms with Crippen molar-refractivity contribution in [1.82, 2.24) is 9.88 Å². The van der Waals surface area contributed by atoms with Crippen LogP contribution in [0.5, 0.6) is 0 Å². The first-order chi connectivity index (χ1) is 13.6. The number of nitrogens with two attached hydrogens (primary N) is 1. The van der Waals surface area contributed by atoms with Crippen LogP contribution in [-0.4, -0.2) is 33.9 Å². The second-order valence-corrected chi connectivity index (χ2v) is 8.08. The number of oxazole rings is 1. The molecular formula is C22H21N3O4. The van der Waals surface area contributed by atoms with Crippen LogP contribution in [0.3, 0.4) is 0 Å². The maximum Gasteiger partial charge on any atom is 0.338 e. The molecule has 7 heteroatoms. The number of terminal acetylenes is 1. The predicted molar refractivity (Wildman–Crippen MR) is 106 cm³/mol. The number of nitrogens with zero attached hydrogens (tertiary/aromatic N) is 2. The Morgan fingerprint density at radius 2 is 2.07 bits per heavy atom. The van der Waals surface area contributed by atoms with Crippen molar-refractivity contribution in [3.05, 3.63) is 46.8 Å². The fourth-order valence-corrected chi connectivity index (χ4v) is 4.16. The van der Waals surface area contributed by atoms with E-state index in [-0.39, 0.29) is 24.0 Å². The van der Waals surface area contributed by atoms with E-state index in [1.807, 2.05) is 12.1 Å². The molecule has 0 saturated carbocycles. The van der Waals surface area contributed by atoms with Crippen LogP contribution in [-0.2, 0) is 19.7 Å². The predicted octanol–water partition coefficient (Wildman–Crippen LogP) is 2.61.